The van der Waals surface area contributed by atoms with E-state index in [4.69, 9.17) is 5.73 Å². The van der Waals surface area contributed by atoms with Gasteiger partial charge < -0.3 is 10.6 Å². The number of nitrogens with zero attached hydrogens (tertiary/aromatic N) is 1. The molecule has 2 saturated heterocycles. The third-order valence-corrected chi connectivity index (χ3v) is 3.28. The normalized spacial score (nSPS) is 35.5. The van der Waals surface area contributed by atoms with E-state index in [2.05, 4.69) is 0 Å². The Kier molecular flexibility index (Phi) is 2.54. The lowest BCUT2D eigenvalue weighted by atomic mass is 10.00. The van der Waals surface area contributed by atoms with Crippen LogP contribution in [-0.2, 0) is 4.79 Å². The number of carbonyl (C=O) groups is 1. The number of hydrogen-bond acceptors (Lipinski definition) is 2. The highest BCUT2D eigenvalue weighted by atomic mass is 16.2. The molecule has 0 aromatic carbocycles. The molecule has 2 heterocycles. The van der Waals surface area contributed by atoms with Crippen LogP contribution >= 0.6 is 0 Å². The maximum atomic E-state index is 11.8. The van der Waals surface area contributed by atoms with Gasteiger partial charge in [-0.25, -0.2) is 0 Å². The summed E-state index contributed by atoms with van der Waals surface area (Å²) in [5.41, 5.74) is 5.81. The van der Waals surface area contributed by atoms with Crippen molar-refractivity contribution in [2.75, 3.05) is 6.54 Å². The molecule has 2 rings (SSSR count). The summed E-state index contributed by atoms with van der Waals surface area (Å²) in [6.45, 7) is 0.942. The van der Waals surface area contributed by atoms with Crippen molar-refractivity contribution >= 4 is 5.91 Å². The second-order valence-corrected chi connectivity index (χ2v) is 4.22. The first-order valence-electron chi connectivity index (χ1n) is 5.35. The van der Waals surface area contributed by atoms with Crippen LogP contribution in [0.15, 0.2) is 0 Å². The molecule has 2 fully saturated rings. The lowest BCUT2D eigenvalue weighted by Gasteiger charge is -2.29. The molecule has 2 aliphatic rings. The van der Waals surface area contributed by atoms with Gasteiger partial charge in [-0.3, -0.25) is 4.79 Å². The van der Waals surface area contributed by atoms with E-state index < -0.39 is 0 Å². The topological polar surface area (TPSA) is 46.3 Å². The van der Waals surface area contributed by atoms with Gasteiger partial charge in [0, 0.05) is 12.6 Å². The Morgan fingerprint density at radius 2 is 1.85 bits per heavy atom. The highest BCUT2D eigenvalue weighted by molar-refractivity contribution is 5.82. The second-order valence-electron chi connectivity index (χ2n) is 4.22. The van der Waals surface area contributed by atoms with Crippen LogP contribution in [0.25, 0.3) is 0 Å². The van der Waals surface area contributed by atoms with Crippen molar-refractivity contribution < 1.29 is 4.79 Å². The molecular formula is C10H18N2O. The van der Waals surface area contributed by atoms with Crippen molar-refractivity contribution in [3.05, 3.63) is 0 Å². The smallest absolute Gasteiger partial charge is 0.239 e. The third kappa shape index (κ3) is 1.70. The van der Waals surface area contributed by atoms with Crippen LogP contribution in [0.3, 0.4) is 0 Å². The number of nitrogens with two attached hydrogens (primary N) is 1. The molecule has 3 nitrogen and oxygen atoms in total. The second kappa shape index (κ2) is 3.66. The molecule has 1 amide bonds. The summed E-state index contributed by atoms with van der Waals surface area (Å²) in [6, 6.07) is 0.291. The van der Waals surface area contributed by atoms with Crippen LogP contribution < -0.4 is 5.73 Å². The largest absolute Gasteiger partial charge is 0.338 e. The van der Waals surface area contributed by atoms with E-state index >= 15 is 0 Å². The summed E-state index contributed by atoms with van der Waals surface area (Å²) in [4.78, 5) is 13.8. The van der Waals surface area contributed by atoms with E-state index in [0.717, 1.165) is 19.4 Å². The number of amides is 1. The maximum Gasteiger partial charge on any atom is 0.239 e. The van der Waals surface area contributed by atoms with Crippen molar-refractivity contribution in [1.29, 1.82) is 0 Å². The summed E-state index contributed by atoms with van der Waals surface area (Å²) in [7, 11) is 0. The molecule has 13 heavy (non-hydrogen) atoms. The van der Waals surface area contributed by atoms with Crippen LogP contribution in [0.4, 0.5) is 0 Å². The number of fused-ring (bicyclic) bond motifs is 1. The van der Waals surface area contributed by atoms with Crippen molar-refractivity contribution in [3.63, 3.8) is 0 Å². The van der Waals surface area contributed by atoms with Crippen LogP contribution in [0.1, 0.15) is 38.5 Å². The number of carbonyl (C=O) groups excluding carboxylic acids is 1. The summed E-state index contributed by atoms with van der Waals surface area (Å²) in [5, 5.41) is 0. The molecule has 0 saturated carbocycles. The molecule has 3 heteroatoms. The van der Waals surface area contributed by atoms with Crippen LogP contribution in [0, 0.1) is 0 Å². The lowest BCUT2D eigenvalue weighted by molar-refractivity contribution is -0.134. The van der Waals surface area contributed by atoms with Crippen molar-refractivity contribution in [3.8, 4) is 0 Å². The van der Waals surface area contributed by atoms with Gasteiger partial charge in [-0.1, -0.05) is 12.8 Å². The molecule has 0 aromatic heterocycles. The van der Waals surface area contributed by atoms with Gasteiger partial charge in [0.05, 0.1) is 6.04 Å². The van der Waals surface area contributed by atoms with Gasteiger partial charge >= 0.3 is 0 Å². The average molecular weight is 182 g/mol. The van der Waals surface area contributed by atoms with E-state index in [9.17, 15) is 4.79 Å². The van der Waals surface area contributed by atoms with E-state index in [1.165, 1.54) is 25.7 Å². The van der Waals surface area contributed by atoms with Gasteiger partial charge in [-0.15, -0.1) is 0 Å². The van der Waals surface area contributed by atoms with Gasteiger partial charge in [-0.2, -0.15) is 0 Å². The van der Waals surface area contributed by atoms with Crippen molar-refractivity contribution in [2.45, 2.75) is 50.6 Å². The van der Waals surface area contributed by atoms with Crippen LogP contribution in [-0.4, -0.2) is 29.4 Å². The highest BCUT2D eigenvalue weighted by Gasteiger charge is 2.32. The molecule has 2 N–H and O–H groups in total. The van der Waals surface area contributed by atoms with Crippen molar-refractivity contribution in [1.82, 2.24) is 4.90 Å². The monoisotopic (exact) mass is 182 g/mol. The molecule has 74 valence electrons. The predicted octanol–water partition coefficient (Wildman–Crippen LogP) is 0.879. The van der Waals surface area contributed by atoms with Crippen LogP contribution in [0.2, 0.25) is 0 Å². The lowest BCUT2D eigenvalue weighted by Crippen LogP contribution is -2.47. The molecule has 0 bridgehead atoms. The Bertz CT molecular complexity index is 205. The molecule has 2 atom stereocenters. The first-order chi connectivity index (χ1) is 6.29. The zero-order valence-electron chi connectivity index (χ0n) is 8.04. The number of rotatable bonds is 0. The van der Waals surface area contributed by atoms with E-state index in [1.54, 1.807) is 0 Å². The first-order valence-corrected chi connectivity index (χ1v) is 5.35. The molecule has 0 spiro atoms. The Morgan fingerprint density at radius 3 is 2.69 bits per heavy atom. The SMILES string of the molecule is NC1CCCCC2CCCN2C1=O. The minimum absolute atomic E-state index is 0.196. The molecule has 0 radical (unpaired) electrons. The summed E-state index contributed by atoms with van der Waals surface area (Å²) in [5.74, 6) is 0.196. The van der Waals surface area contributed by atoms with Crippen molar-refractivity contribution in [2.24, 2.45) is 5.73 Å². The fraction of sp³-hybridized carbons (Fsp3) is 0.900. The Morgan fingerprint density at radius 1 is 1.15 bits per heavy atom. The summed E-state index contributed by atoms with van der Waals surface area (Å²) >= 11 is 0. The molecule has 0 aromatic rings. The van der Waals surface area contributed by atoms with E-state index in [1.807, 2.05) is 4.90 Å². The van der Waals surface area contributed by atoms with E-state index in [-0.39, 0.29) is 11.9 Å². The zero-order chi connectivity index (χ0) is 9.26. The van der Waals surface area contributed by atoms with Gasteiger partial charge in [-0.05, 0) is 25.7 Å². The highest BCUT2D eigenvalue weighted by Crippen LogP contribution is 2.25. The quantitative estimate of drug-likeness (QED) is 0.604. The fourth-order valence-corrected chi connectivity index (χ4v) is 2.51. The molecular weight excluding hydrogens is 164 g/mol. The van der Waals surface area contributed by atoms with Gasteiger partial charge in [0.1, 0.15) is 0 Å². The summed E-state index contributed by atoms with van der Waals surface area (Å²) < 4.78 is 0. The average Bonchev–Trinajstić information content (AvgIpc) is 2.56. The Labute approximate surface area is 79.3 Å². The molecule has 2 aliphatic heterocycles. The number of hydrogen-bond donors (Lipinski definition) is 1. The Hall–Kier alpha value is -0.570. The molecule has 2 unspecified atom stereocenters. The van der Waals surface area contributed by atoms with Gasteiger partial charge in [0.2, 0.25) is 5.91 Å². The first kappa shape index (κ1) is 9.00. The maximum absolute atomic E-state index is 11.8. The van der Waals surface area contributed by atoms with Gasteiger partial charge in [0.15, 0.2) is 0 Å². The minimum Gasteiger partial charge on any atom is -0.338 e. The van der Waals surface area contributed by atoms with E-state index in [0.29, 0.717) is 6.04 Å². The van der Waals surface area contributed by atoms with Gasteiger partial charge in [0.25, 0.3) is 0 Å². The zero-order valence-corrected chi connectivity index (χ0v) is 8.04. The Balaban J connectivity index is 2.08. The predicted molar refractivity (Wildman–Crippen MR) is 51.2 cm³/mol. The fourth-order valence-electron chi connectivity index (χ4n) is 2.51. The molecule has 0 aliphatic carbocycles. The third-order valence-electron chi connectivity index (χ3n) is 3.28. The summed E-state index contributed by atoms with van der Waals surface area (Å²) in [6.07, 6.45) is 6.79. The standard InChI is InChI=1S/C10H18N2O/c11-9-6-2-1-4-8-5-3-7-12(8)10(9)13/h8-9H,1-7,11H2. The minimum atomic E-state index is -0.221. The van der Waals surface area contributed by atoms with Crippen LogP contribution in [0.5, 0.6) is 0 Å².